The molecule has 1 N–H and O–H groups in total. The summed E-state index contributed by atoms with van der Waals surface area (Å²) in [6, 6.07) is 4.49. The molecule has 1 aliphatic rings. The number of nitrogens with zero attached hydrogens (tertiary/aromatic N) is 1. The number of para-hydroxylation sites is 1. The number of ketones is 1. The van der Waals surface area contributed by atoms with Crippen LogP contribution in [0.2, 0.25) is 0 Å². The number of hydrogen-bond donors (Lipinski definition) is 1. The largest absolute Gasteiger partial charge is 0.394 e. The molecule has 0 radical (unpaired) electrons. The van der Waals surface area contributed by atoms with Gasteiger partial charge in [0, 0.05) is 18.7 Å². The fourth-order valence-electron chi connectivity index (χ4n) is 2.45. The topological polar surface area (TPSA) is 49.8 Å². The third-order valence-electron chi connectivity index (χ3n) is 3.21. The normalized spacial score (nSPS) is 23.5. The van der Waals surface area contributed by atoms with Crippen molar-refractivity contribution in [2.75, 3.05) is 24.6 Å². The molecule has 0 aliphatic carbocycles. The number of Topliss-reactive ketones (excluding diaryl/α,β-unsaturated/α-hetero) is 1. The van der Waals surface area contributed by atoms with Crippen molar-refractivity contribution in [3.05, 3.63) is 29.6 Å². The van der Waals surface area contributed by atoms with Crippen molar-refractivity contribution >= 4 is 11.5 Å². The molecule has 4 nitrogen and oxygen atoms in total. The quantitative estimate of drug-likeness (QED) is 0.845. The zero-order chi connectivity index (χ0) is 14.0. The van der Waals surface area contributed by atoms with Crippen LogP contribution in [0.5, 0.6) is 0 Å². The number of hydrogen-bond acceptors (Lipinski definition) is 4. The number of benzene rings is 1. The van der Waals surface area contributed by atoms with E-state index in [2.05, 4.69) is 0 Å². The second-order valence-corrected chi connectivity index (χ2v) is 4.85. The van der Waals surface area contributed by atoms with Crippen molar-refractivity contribution in [3.63, 3.8) is 0 Å². The van der Waals surface area contributed by atoms with E-state index in [1.807, 2.05) is 6.92 Å². The first-order valence-electron chi connectivity index (χ1n) is 6.33. The van der Waals surface area contributed by atoms with Gasteiger partial charge in [0.15, 0.2) is 5.78 Å². The van der Waals surface area contributed by atoms with Gasteiger partial charge < -0.3 is 14.7 Å². The minimum absolute atomic E-state index is 0.120. The Labute approximate surface area is 111 Å². The van der Waals surface area contributed by atoms with Crippen molar-refractivity contribution in [1.29, 1.82) is 0 Å². The van der Waals surface area contributed by atoms with Crippen molar-refractivity contribution < 1.29 is 19.0 Å². The second kappa shape index (κ2) is 5.67. The highest BCUT2D eigenvalue weighted by Crippen LogP contribution is 2.28. The first-order valence-corrected chi connectivity index (χ1v) is 6.33. The molecule has 2 atom stereocenters. The van der Waals surface area contributed by atoms with Crippen LogP contribution in [0.15, 0.2) is 18.2 Å². The van der Waals surface area contributed by atoms with Crippen LogP contribution in [-0.2, 0) is 4.74 Å². The Balaban J connectivity index is 2.37. The van der Waals surface area contributed by atoms with Gasteiger partial charge in [-0.2, -0.15) is 0 Å². The molecule has 2 unspecified atom stereocenters. The number of morpholine rings is 1. The van der Waals surface area contributed by atoms with Crippen LogP contribution in [0, 0.1) is 5.82 Å². The van der Waals surface area contributed by atoms with Gasteiger partial charge in [-0.15, -0.1) is 0 Å². The lowest BCUT2D eigenvalue weighted by molar-refractivity contribution is -0.0422. The van der Waals surface area contributed by atoms with Crippen molar-refractivity contribution in [2.24, 2.45) is 0 Å². The van der Waals surface area contributed by atoms with Crippen LogP contribution in [0.25, 0.3) is 0 Å². The average Bonchev–Trinajstić information content (AvgIpc) is 2.37. The van der Waals surface area contributed by atoms with E-state index in [-0.39, 0.29) is 24.6 Å². The number of carbonyl (C=O) groups excluding carboxylic acids is 1. The molecule has 0 bridgehead atoms. The van der Waals surface area contributed by atoms with Crippen LogP contribution in [-0.4, -0.2) is 42.8 Å². The Bertz CT molecular complexity index is 478. The minimum atomic E-state index is -0.418. The molecule has 1 aliphatic heterocycles. The summed E-state index contributed by atoms with van der Waals surface area (Å²) >= 11 is 0. The number of aliphatic hydroxyl groups is 1. The molecule has 0 spiro atoms. The number of ether oxygens (including phenoxy) is 1. The summed E-state index contributed by atoms with van der Waals surface area (Å²) < 4.78 is 19.6. The number of carbonyl (C=O) groups is 1. The van der Waals surface area contributed by atoms with E-state index in [0.29, 0.717) is 24.3 Å². The van der Waals surface area contributed by atoms with Crippen LogP contribution in [0.4, 0.5) is 10.1 Å². The molecule has 5 heteroatoms. The maximum Gasteiger partial charge on any atom is 0.161 e. The first-order chi connectivity index (χ1) is 9.02. The van der Waals surface area contributed by atoms with E-state index in [4.69, 9.17) is 4.74 Å². The van der Waals surface area contributed by atoms with Crippen LogP contribution < -0.4 is 4.90 Å². The average molecular weight is 267 g/mol. The Hall–Kier alpha value is -1.46. The molecular formula is C14H18FNO3. The minimum Gasteiger partial charge on any atom is -0.394 e. The van der Waals surface area contributed by atoms with Crippen LogP contribution >= 0.6 is 0 Å². The molecule has 0 aromatic heterocycles. The van der Waals surface area contributed by atoms with Crippen LogP contribution in [0.3, 0.4) is 0 Å². The van der Waals surface area contributed by atoms with Gasteiger partial charge in [-0.3, -0.25) is 4.79 Å². The van der Waals surface area contributed by atoms with E-state index < -0.39 is 5.82 Å². The zero-order valence-corrected chi connectivity index (χ0v) is 11.1. The monoisotopic (exact) mass is 267 g/mol. The van der Waals surface area contributed by atoms with Gasteiger partial charge in [0.25, 0.3) is 0 Å². The summed E-state index contributed by atoms with van der Waals surface area (Å²) in [4.78, 5) is 13.4. The zero-order valence-electron chi connectivity index (χ0n) is 11.1. The summed E-state index contributed by atoms with van der Waals surface area (Å²) in [6.07, 6.45) is -0.478. The molecule has 0 amide bonds. The van der Waals surface area contributed by atoms with Crippen molar-refractivity contribution in [3.8, 4) is 0 Å². The van der Waals surface area contributed by atoms with E-state index in [1.165, 1.54) is 19.1 Å². The molecular weight excluding hydrogens is 249 g/mol. The Morgan fingerprint density at radius 1 is 1.53 bits per heavy atom. The van der Waals surface area contributed by atoms with E-state index >= 15 is 0 Å². The predicted molar refractivity (Wildman–Crippen MR) is 70.0 cm³/mol. The molecule has 104 valence electrons. The second-order valence-electron chi connectivity index (χ2n) is 4.85. The van der Waals surface area contributed by atoms with Gasteiger partial charge >= 0.3 is 0 Å². The van der Waals surface area contributed by atoms with E-state index in [9.17, 15) is 14.3 Å². The number of anilines is 1. The van der Waals surface area contributed by atoms with Gasteiger partial charge in [-0.25, -0.2) is 4.39 Å². The predicted octanol–water partition coefficient (Wildman–Crippen LogP) is 1.61. The number of aliphatic hydroxyl groups excluding tert-OH is 1. The van der Waals surface area contributed by atoms with Gasteiger partial charge in [-0.1, -0.05) is 6.07 Å². The molecule has 1 saturated heterocycles. The highest BCUT2D eigenvalue weighted by molar-refractivity contribution is 5.99. The fraction of sp³-hybridized carbons (Fsp3) is 0.500. The summed E-state index contributed by atoms with van der Waals surface area (Å²) in [5, 5.41) is 9.21. The SMILES string of the molecule is CC(=O)c1cccc(F)c1N1CC(C)OC(CO)C1. The lowest BCUT2D eigenvalue weighted by atomic mass is 10.1. The van der Waals surface area contributed by atoms with E-state index in [1.54, 1.807) is 11.0 Å². The van der Waals surface area contributed by atoms with Gasteiger partial charge in [-0.05, 0) is 26.0 Å². The third kappa shape index (κ3) is 2.93. The lowest BCUT2D eigenvalue weighted by Crippen LogP contribution is -2.48. The summed E-state index contributed by atoms with van der Waals surface area (Å²) in [5.41, 5.74) is 0.675. The molecule has 19 heavy (non-hydrogen) atoms. The van der Waals surface area contributed by atoms with Crippen LogP contribution in [0.1, 0.15) is 24.2 Å². The standard InChI is InChI=1S/C14H18FNO3/c1-9-6-16(7-11(8-17)19-9)14-12(10(2)18)4-3-5-13(14)15/h3-5,9,11,17H,6-8H2,1-2H3. The summed E-state index contributed by atoms with van der Waals surface area (Å²) in [6.45, 7) is 4.04. The highest BCUT2D eigenvalue weighted by Gasteiger charge is 2.28. The smallest absolute Gasteiger partial charge is 0.161 e. The Morgan fingerprint density at radius 3 is 2.89 bits per heavy atom. The highest BCUT2D eigenvalue weighted by atomic mass is 19.1. The number of rotatable bonds is 3. The molecule has 0 saturated carbocycles. The lowest BCUT2D eigenvalue weighted by Gasteiger charge is -2.38. The molecule has 2 rings (SSSR count). The third-order valence-corrected chi connectivity index (χ3v) is 3.21. The Morgan fingerprint density at radius 2 is 2.26 bits per heavy atom. The summed E-state index contributed by atoms with van der Waals surface area (Å²) in [7, 11) is 0. The molecule has 1 aromatic rings. The fourth-order valence-corrected chi connectivity index (χ4v) is 2.45. The van der Waals surface area contributed by atoms with Gasteiger partial charge in [0.2, 0.25) is 0 Å². The molecule has 1 fully saturated rings. The number of halogens is 1. The van der Waals surface area contributed by atoms with Gasteiger partial charge in [0.05, 0.1) is 24.5 Å². The maximum absolute atomic E-state index is 14.1. The van der Waals surface area contributed by atoms with Crippen molar-refractivity contribution in [1.82, 2.24) is 0 Å². The maximum atomic E-state index is 14.1. The Kier molecular flexibility index (Phi) is 4.17. The summed E-state index contributed by atoms with van der Waals surface area (Å²) in [5.74, 6) is -0.590. The molecule has 1 aromatic carbocycles. The molecule has 1 heterocycles. The van der Waals surface area contributed by atoms with Crippen molar-refractivity contribution in [2.45, 2.75) is 26.1 Å². The van der Waals surface area contributed by atoms with E-state index in [0.717, 1.165) is 0 Å². The van der Waals surface area contributed by atoms with Gasteiger partial charge in [0.1, 0.15) is 5.82 Å². The first kappa shape index (κ1) is 14.0.